The lowest BCUT2D eigenvalue weighted by atomic mass is 10.2. The molecule has 8 heteroatoms. The Balaban J connectivity index is 2.02. The average Bonchev–Trinajstić information content (AvgIpc) is 2.58. The zero-order valence-corrected chi connectivity index (χ0v) is 16.9. The van der Waals surface area contributed by atoms with Crippen molar-refractivity contribution < 1.29 is 17.5 Å². The highest BCUT2D eigenvalue weighted by atomic mass is 79.9. The zero-order chi connectivity index (χ0) is 18.2. The second-order valence-electron chi connectivity index (χ2n) is 5.25. The molecule has 0 aliphatic carbocycles. The van der Waals surface area contributed by atoms with Crippen LogP contribution < -0.4 is 4.74 Å². The quantitative estimate of drug-likeness (QED) is 0.512. The number of nitrogens with zero attached hydrogens (tertiary/aromatic N) is 1. The van der Waals surface area contributed by atoms with Crippen LogP contribution in [0.25, 0.3) is 10.9 Å². The lowest BCUT2D eigenvalue weighted by Crippen LogP contribution is -2.25. The van der Waals surface area contributed by atoms with E-state index >= 15 is 0 Å². The van der Waals surface area contributed by atoms with Crippen LogP contribution in [0.2, 0.25) is 0 Å². The summed E-state index contributed by atoms with van der Waals surface area (Å²) in [5.41, 5.74) is -1.03. The van der Waals surface area contributed by atoms with Gasteiger partial charge in [-0.2, -0.15) is 0 Å². The van der Waals surface area contributed by atoms with E-state index in [0.29, 0.717) is 9.86 Å². The van der Waals surface area contributed by atoms with E-state index in [0.717, 1.165) is 4.47 Å². The minimum absolute atomic E-state index is 0.0954. The van der Waals surface area contributed by atoms with Crippen LogP contribution in [0, 0.1) is 5.82 Å². The second kappa shape index (κ2) is 7.01. The zero-order valence-electron chi connectivity index (χ0n) is 12.9. The molecule has 1 aromatic heterocycles. The number of hydrogen-bond donors (Lipinski definition) is 0. The van der Waals surface area contributed by atoms with Gasteiger partial charge in [-0.05, 0) is 65.3 Å². The molecular weight excluding hydrogens is 477 g/mol. The molecule has 1 atom stereocenters. The highest BCUT2D eigenvalue weighted by Crippen LogP contribution is 2.34. The van der Waals surface area contributed by atoms with Gasteiger partial charge in [-0.1, -0.05) is 15.9 Å². The van der Waals surface area contributed by atoms with Gasteiger partial charge in [-0.3, -0.25) is 4.98 Å². The van der Waals surface area contributed by atoms with Crippen LogP contribution in [0.15, 0.2) is 62.5 Å². The molecule has 0 aliphatic rings. The lowest BCUT2D eigenvalue weighted by molar-refractivity contribution is 0.281. The van der Waals surface area contributed by atoms with Gasteiger partial charge in [-0.25, -0.2) is 12.8 Å². The standard InChI is InChI=1S/C17H12Br2FNO3S/c1-10(25(22,23)12-6-4-11(18)5-7-12)24-17-15(20)9-14(19)13-3-2-8-21-16(13)17/h2-10H,1H3. The van der Waals surface area contributed by atoms with Crippen molar-refractivity contribution in [1.29, 1.82) is 0 Å². The van der Waals surface area contributed by atoms with E-state index in [-0.39, 0.29) is 16.2 Å². The van der Waals surface area contributed by atoms with E-state index in [1.54, 1.807) is 24.3 Å². The number of sulfone groups is 1. The number of rotatable bonds is 4. The summed E-state index contributed by atoms with van der Waals surface area (Å²) in [6.07, 6.45) is 1.50. The molecule has 1 heterocycles. The van der Waals surface area contributed by atoms with Gasteiger partial charge < -0.3 is 4.74 Å². The first-order valence-corrected chi connectivity index (χ1v) is 10.3. The first-order valence-electron chi connectivity index (χ1n) is 7.19. The monoisotopic (exact) mass is 487 g/mol. The third-order valence-electron chi connectivity index (χ3n) is 3.61. The van der Waals surface area contributed by atoms with Crippen LogP contribution in [0.4, 0.5) is 4.39 Å². The molecule has 0 saturated carbocycles. The fourth-order valence-electron chi connectivity index (χ4n) is 2.30. The molecule has 4 nitrogen and oxygen atoms in total. The van der Waals surface area contributed by atoms with Crippen molar-refractivity contribution in [2.45, 2.75) is 17.3 Å². The van der Waals surface area contributed by atoms with Crippen LogP contribution in [-0.4, -0.2) is 18.8 Å². The summed E-state index contributed by atoms with van der Waals surface area (Å²) in [7, 11) is -3.80. The van der Waals surface area contributed by atoms with Crippen molar-refractivity contribution in [2.24, 2.45) is 0 Å². The number of hydrogen-bond acceptors (Lipinski definition) is 4. The lowest BCUT2D eigenvalue weighted by Gasteiger charge is -2.17. The molecule has 25 heavy (non-hydrogen) atoms. The predicted molar refractivity (Wildman–Crippen MR) is 101 cm³/mol. The summed E-state index contributed by atoms with van der Waals surface area (Å²) in [5.74, 6) is -0.872. The van der Waals surface area contributed by atoms with Crippen molar-refractivity contribution in [2.75, 3.05) is 0 Å². The van der Waals surface area contributed by atoms with Gasteiger partial charge in [0, 0.05) is 20.5 Å². The number of pyridine rings is 1. The molecule has 0 fully saturated rings. The molecule has 0 radical (unpaired) electrons. The van der Waals surface area contributed by atoms with Crippen LogP contribution in [0.5, 0.6) is 5.75 Å². The van der Waals surface area contributed by atoms with E-state index in [9.17, 15) is 12.8 Å². The Morgan fingerprint density at radius 2 is 1.84 bits per heavy atom. The summed E-state index contributed by atoms with van der Waals surface area (Å²) in [6.45, 7) is 1.37. The maximum atomic E-state index is 14.4. The Hall–Kier alpha value is -1.51. The van der Waals surface area contributed by atoms with Crippen molar-refractivity contribution in [3.05, 3.63) is 63.4 Å². The molecule has 0 bridgehead atoms. The molecule has 0 spiro atoms. The van der Waals surface area contributed by atoms with Crippen LogP contribution >= 0.6 is 31.9 Å². The Morgan fingerprint density at radius 1 is 1.16 bits per heavy atom. The number of fused-ring (bicyclic) bond motifs is 1. The minimum Gasteiger partial charge on any atom is -0.469 e. The van der Waals surface area contributed by atoms with Gasteiger partial charge in [0.25, 0.3) is 0 Å². The second-order valence-corrected chi connectivity index (χ2v) is 9.25. The molecule has 0 aliphatic heterocycles. The van der Waals surface area contributed by atoms with E-state index in [2.05, 4.69) is 36.8 Å². The molecule has 3 rings (SSSR count). The molecule has 2 aromatic carbocycles. The number of ether oxygens (including phenoxy) is 1. The third-order valence-corrected chi connectivity index (χ3v) is 6.70. The van der Waals surface area contributed by atoms with Crippen LogP contribution in [-0.2, 0) is 9.84 Å². The predicted octanol–water partition coefficient (Wildman–Crippen LogP) is 5.10. The summed E-state index contributed by atoms with van der Waals surface area (Å²) < 4.78 is 46.5. The van der Waals surface area contributed by atoms with Gasteiger partial charge >= 0.3 is 0 Å². The van der Waals surface area contributed by atoms with Gasteiger partial charge in [0.05, 0.1) is 4.90 Å². The summed E-state index contributed by atoms with van der Waals surface area (Å²) in [5, 5.41) is 0.632. The van der Waals surface area contributed by atoms with Gasteiger partial charge in [0.15, 0.2) is 11.6 Å². The highest BCUT2D eigenvalue weighted by Gasteiger charge is 2.27. The van der Waals surface area contributed by atoms with Crippen LogP contribution in [0.1, 0.15) is 6.92 Å². The highest BCUT2D eigenvalue weighted by molar-refractivity contribution is 9.11. The smallest absolute Gasteiger partial charge is 0.215 e. The topological polar surface area (TPSA) is 56.3 Å². The fourth-order valence-corrected chi connectivity index (χ4v) is 4.21. The van der Waals surface area contributed by atoms with Crippen LogP contribution in [0.3, 0.4) is 0 Å². The van der Waals surface area contributed by atoms with E-state index < -0.39 is 21.1 Å². The van der Waals surface area contributed by atoms with E-state index in [4.69, 9.17) is 4.74 Å². The molecule has 3 aromatic rings. The van der Waals surface area contributed by atoms with Gasteiger partial charge in [0.2, 0.25) is 15.3 Å². The largest absolute Gasteiger partial charge is 0.469 e. The number of aromatic nitrogens is 1. The van der Waals surface area contributed by atoms with E-state index in [1.165, 1.54) is 31.3 Å². The van der Waals surface area contributed by atoms with E-state index in [1.807, 2.05) is 0 Å². The summed E-state index contributed by atoms with van der Waals surface area (Å²) in [6, 6.07) is 10.9. The number of halogens is 3. The Bertz CT molecular complexity index is 1040. The maximum absolute atomic E-state index is 14.4. The first kappa shape index (κ1) is 18.3. The van der Waals surface area contributed by atoms with Crippen molar-refractivity contribution >= 4 is 52.6 Å². The third kappa shape index (κ3) is 3.56. The summed E-state index contributed by atoms with van der Waals surface area (Å²) >= 11 is 6.53. The minimum atomic E-state index is -3.80. The van der Waals surface area contributed by atoms with Gasteiger partial charge in [0.1, 0.15) is 5.52 Å². The Labute approximate surface area is 161 Å². The molecular formula is C17H12Br2FNO3S. The average molecular weight is 489 g/mol. The van der Waals surface area contributed by atoms with Gasteiger partial charge in [-0.15, -0.1) is 0 Å². The molecule has 130 valence electrons. The Kier molecular flexibility index (Phi) is 5.13. The maximum Gasteiger partial charge on any atom is 0.215 e. The molecule has 1 unspecified atom stereocenters. The first-order chi connectivity index (χ1) is 11.8. The summed E-state index contributed by atoms with van der Waals surface area (Å²) in [4.78, 5) is 4.22. The van der Waals surface area contributed by atoms with Crippen molar-refractivity contribution in [3.8, 4) is 5.75 Å². The van der Waals surface area contributed by atoms with Crippen molar-refractivity contribution in [1.82, 2.24) is 4.98 Å². The molecule has 0 amide bonds. The normalized spacial score (nSPS) is 13.0. The SMILES string of the molecule is CC(Oc1c(F)cc(Br)c2cccnc12)S(=O)(=O)c1ccc(Br)cc1. The Morgan fingerprint density at radius 3 is 2.52 bits per heavy atom. The molecule has 0 saturated heterocycles. The van der Waals surface area contributed by atoms with Crippen molar-refractivity contribution in [3.63, 3.8) is 0 Å². The fraction of sp³-hybridized carbons (Fsp3) is 0.118. The number of benzene rings is 2. The molecule has 0 N–H and O–H groups in total.